The Morgan fingerprint density at radius 1 is 0.944 bits per heavy atom. The average Bonchev–Trinajstić information content (AvgIpc) is 2.33. The maximum Gasteiger partial charge on any atom is 0.123 e. The van der Waals surface area contributed by atoms with Gasteiger partial charge in [-0.2, -0.15) is 0 Å². The van der Waals surface area contributed by atoms with Crippen molar-refractivity contribution >= 4 is 0 Å². The number of aromatic hydroxyl groups is 1. The lowest BCUT2D eigenvalue weighted by Gasteiger charge is -2.53. The molecule has 0 amide bonds. The largest absolute Gasteiger partial charge is 0.508 e. The van der Waals surface area contributed by atoms with Crippen LogP contribution in [0.5, 0.6) is 11.5 Å². The Bertz CT molecular complexity index is 426. The normalized spacial score (nSPS) is 41.0. The van der Waals surface area contributed by atoms with Gasteiger partial charge in [-0.05, 0) is 67.9 Å². The summed E-state index contributed by atoms with van der Waals surface area (Å²) in [5.74, 6) is 4.64. The van der Waals surface area contributed by atoms with Gasteiger partial charge in [-0.25, -0.2) is 0 Å². The Morgan fingerprint density at radius 2 is 1.61 bits per heavy atom. The molecule has 4 bridgehead atoms. The molecule has 0 spiro atoms. The fraction of sp³-hybridized carbons (Fsp3) is 0.625. The molecule has 0 aliphatic heterocycles. The van der Waals surface area contributed by atoms with Crippen molar-refractivity contribution in [3.63, 3.8) is 0 Å². The van der Waals surface area contributed by atoms with Gasteiger partial charge in [0.1, 0.15) is 17.6 Å². The van der Waals surface area contributed by atoms with E-state index < -0.39 is 0 Å². The van der Waals surface area contributed by atoms with E-state index in [0.29, 0.717) is 11.9 Å². The number of phenolic OH excluding ortho intramolecular Hbond substituents is 1. The van der Waals surface area contributed by atoms with Gasteiger partial charge in [-0.15, -0.1) is 0 Å². The molecular formula is C16H20O2. The van der Waals surface area contributed by atoms with Gasteiger partial charge in [0.05, 0.1) is 0 Å². The lowest BCUT2D eigenvalue weighted by Crippen LogP contribution is -2.50. The summed E-state index contributed by atoms with van der Waals surface area (Å²) >= 11 is 0. The first-order valence-electron chi connectivity index (χ1n) is 7.23. The lowest BCUT2D eigenvalue weighted by atomic mass is 9.55. The number of phenols is 1. The van der Waals surface area contributed by atoms with Crippen molar-refractivity contribution in [3.05, 3.63) is 24.3 Å². The van der Waals surface area contributed by atoms with E-state index in [9.17, 15) is 5.11 Å². The van der Waals surface area contributed by atoms with E-state index in [1.807, 2.05) is 12.1 Å². The van der Waals surface area contributed by atoms with Crippen molar-refractivity contribution in [2.24, 2.45) is 23.7 Å². The van der Waals surface area contributed by atoms with Crippen LogP contribution in [0.1, 0.15) is 32.1 Å². The second-order valence-electron chi connectivity index (χ2n) is 6.51. The molecule has 0 saturated heterocycles. The molecule has 2 heteroatoms. The van der Waals surface area contributed by atoms with Crippen LogP contribution in [0.4, 0.5) is 0 Å². The molecule has 1 aromatic rings. The second kappa shape index (κ2) is 3.91. The zero-order chi connectivity index (χ0) is 12.1. The highest BCUT2D eigenvalue weighted by atomic mass is 16.5. The Balaban J connectivity index is 1.55. The van der Waals surface area contributed by atoms with Crippen molar-refractivity contribution in [1.29, 1.82) is 0 Å². The second-order valence-corrected chi connectivity index (χ2v) is 6.51. The maximum absolute atomic E-state index is 9.51. The standard InChI is InChI=1S/C16H20O2/c17-14-2-1-3-15(9-14)18-16-12-5-10-4-11(7-12)8-13(16)6-10/h1-3,9-13,16-17H,4-8H2. The van der Waals surface area contributed by atoms with Crippen molar-refractivity contribution in [2.45, 2.75) is 38.2 Å². The maximum atomic E-state index is 9.51. The SMILES string of the molecule is Oc1cccc(OC2C3CC4CC(C3)CC2C4)c1. The fourth-order valence-corrected chi connectivity index (χ4v) is 4.78. The molecule has 4 saturated carbocycles. The Labute approximate surface area is 108 Å². The molecule has 1 N–H and O–H groups in total. The Kier molecular flexibility index (Phi) is 2.33. The summed E-state index contributed by atoms with van der Waals surface area (Å²) in [6, 6.07) is 7.26. The van der Waals surface area contributed by atoms with Gasteiger partial charge in [0.2, 0.25) is 0 Å². The third-order valence-electron chi connectivity index (χ3n) is 5.23. The molecule has 0 unspecified atom stereocenters. The summed E-state index contributed by atoms with van der Waals surface area (Å²) in [4.78, 5) is 0. The zero-order valence-corrected chi connectivity index (χ0v) is 10.6. The van der Waals surface area contributed by atoms with Crippen LogP contribution in [0.3, 0.4) is 0 Å². The molecule has 4 fully saturated rings. The summed E-state index contributed by atoms with van der Waals surface area (Å²) in [5.41, 5.74) is 0. The van der Waals surface area contributed by atoms with Crippen LogP contribution in [0.25, 0.3) is 0 Å². The van der Waals surface area contributed by atoms with E-state index in [1.165, 1.54) is 32.1 Å². The molecule has 96 valence electrons. The molecule has 4 aliphatic rings. The molecular weight excluding hydrogens is 224 g/mol. The summed E-state index contributed by atoms with van der Waals surface area (Å²) in [7, 11) is 0. The number of ether oxygens (including phenoxy) is 1. The third kappa shape index (κ3) is 1.70. The number of rotatable bonds is 2. The molecule has 5 rings (SSSR count). The van der Waals surface area contributed by atoms with E-state index in [4.69, 9.17) is 4.74 Å². The van der Waals surface area contributed by atoms with Gasteiger partial charge >= 0.3 is 0 Å². The molecule has 0 atom stereocenters. The minimum absolute atomic E-state index is 0.302. The summed E-state index contributed by atoms with van der Waals surface area (Å²) in [6.07, 6.45) is 7.37. The van der Waals surface area contributed by atoms with Gasteiger partial charge in [0.25, 0.3) is 0 Å². The van der Waals surface area contributed by atoms with E-state index in [-0.39, 0.29) is 0 Å². The molecule has 18 heavy (non-hydrogen) atoms. The van der Waals surface area contributed by atoms with Crippen LogP contribution in [-0.2, 0) is 0 Å². The number of hydrogen-bond donors (Lipinski definition) is 1. The third-order valence-corrected chi connectivity index (χ3v) is 5.23. The Hall–Kier alpha value is -1.18. The quantitative estimate of drug-likeness (QED) is 0.861. The van der Waals surface area contributed by atoms with E-state index in [1.54, 1.807) is 12.1 Å². The highest BCUT2D eigenvalue weighted by Crippen LogP contribution is 2.54. The minimum atomic E-state index is 0.302. The topological polar surface area (TPSA) is 29.5 Å². The summed E-state index contributed by atoms with van der Waals surface area (Å²) < 4.78 is 6.21. The number of benzene rings is 1. The van der Waals surface area contributed by atoms with Crippen LogP contribution < -0.4 is 4.74 Å². The Morgan fingerprint density at radius 3 is 2.22 bits per heavy atom. The monoisotopic (exact) mass is 244 g/mol. The van der Waals surface area contributed by atoms with Crippen molar-refractivity contribution in [3.8, 4) is 11.5 Å². The summed E-state index contributed by atoms with van der Waals surface area (Å²) in [6.45, 7) is 0. The molecule has 0 heterocycles. The van der Waals surface area contributed by atoms with Crippen LogP contribution in [0.2, 0.25) is 0 Å². The molecule has 4 aliphatic carbocycles. The minimum Gasteiger partial charge on any atom is -0.508 e. The van der Waals surface area contributed by atoms with Crippen LogP contribution in [0.15, 0.2) is 24.3 Å². The predicted molar refractivity (Wildman–Crippen MR) is 69.6 cm³/mol. The highest BCUT2D eigenvalue weighted by Gasteiger charge is 2.49. The van der Waals surface area contributed by atoms with Crippen molar-refractivity contribution in [1.82, 2.24) is 0 Å². The van der Waals surface area contributed by atoms with Gasteiger partial charge in [0, 0.05) is 6.07 Å². The van der Waals surface area contributed by atoms with E-state index in [0.717, 1.165) is 29.4 Å². The fourth-order valence-electron chi connectivity index (χ4n) is 4.78. The van der Waals surface area contributed by atoms with Crippen LogP contribution in [0, 0.1) is 23.7 Å². The first-order valence-corrected chi connectivity index (χ1v) is 7.23. The molecule has 0 radical (unpaired) electrons. The molecule has 2 nitrogen and oxygen atoms in total. The first-order chi connectivity index (χ1) is 8.78. The number of hydrogen-bond acceptors (Lipinski definition) is 2. The smallest absolute Gasteiger partial charge is 0.123 e. The van der Waals surface area contributed by atoms with E-state index >= 15 is 0 Å². The van der Waals surface area contributed by atoms with Crippen molar-refractivity contribution < 1.29 is 9.84 Å². The van der Waals surface area contributed by atoms with Gasteiger partial charge in [-0.1, -0.05) is 6.07 Å². The van der Waals surface area contributed by atoms with Crippen LogP contribution >= 0.6 is 0 Å². The zero-order valence-electron chi connectivity index (χ0n) is 10.6. The predicted octanol–water partition coefficient (Wildman–Crippen LogP) is 3.60. The van der Waals surface area contributed by atoms with Gasteiger partial charge < -0.3 is 9.84 Å². The summed E-state index contributed by atoms with van der Waals surface area (Å²) in [5, 5.41) is 9.51. The molecule has 0 aromatic heterocycles. The van der Waals surface area contributed by atoms with Crippen molar-refractivity contribution in [2.75, 3.05) is 0 Å². The highest BCUT2D eigenvalue weighted by molar-refractivity contribution is 5.32. The van der Waals surface area contributed by atoms with Gasteiger partial charge in [0.15, 0.2) is 0 Å². The van der Waals surface area contributed by atoms with E-state index in [2.05, 4.69) is 0 Å². The average molecular weight is 244 g/mol. The van der Waals surface area contributed by atoms with Gasteiger partial charge in [-0.3, -0.25) is 0 Å². The first kappa shape index (κ1) is 10.7. The van der Waals surface area contributed by atoms with Crippen LogP contribution in [-0.4, -0.2) is 11.2 Å². The molecule has 1 aromatic carbocycles. The lowest BCUT2D eigenvalue weighted by molar-refractivity contribution is -0.0790.